The normalized spacial score (nSPS) is 12.3. The molecule has 0 spiro atoms. The van der Waals surface area contributed by atoms with E-state index in [-0.39, 0.29) is 18.4 Å². The number of hydrogen-bond donors (Lipinski definition) is 3. The summed E-state index contributed by atoms with van der Waals surface area (Å²) in [5.74, 6) is 0.146. The van der Waals surface area contributed by atoms with Gasteiger partial charge in [-0.25, -0.2) is 9.97 Å². The Morgan fingerprint density at radius 3 is 2.61 bits per heavy atom. The van der Waals surface area contributed by atoms with Gasteiger partial charge in [-0.05, 0) is 41.8 Å². The summed E-state index contributed by atoms with van der Waals surface area (Å²) in [6, 6.07) is 14.1. The van der Waals surface area contributed by atoms with Crippen LogP contribution in [0.2, 0.25) is 5.02 Å². The molecule has 3 rings (SSSR count). The molecule has 1 heterocycles. The SMILES string of the molecule is CC(C)[C@H](Nc1nc(CNC(=O)/C=C/c2cccc(Cl)c2)nc2ccccc12)C(N)=O. The van der Waals surface area contributed by atoms with Crippen molar-refractivity contribution in [1.82, 2.24) is 15.3 Å². The summed E-state index contributed by atoms with van der Waals surface area (Å²) < 4.78 is 0. The van der Waals surface area contributed by atoms with Gasteiger partial charge in [-0.2, -0.15) is 0 Å². The zero-order valence-electron chi connectivity index (χ0n) is 17.3. The molecule has 2 aromatic carbocycles. The molecule has 0 saturated heterocycles. The molecule has 1 aromatic heterocycles. The average Bonchev–Trinajstić information content (AvgIpc) is 2.74. The van der Waals surface area contributed by atoms with Crippen molar-refractivity contribution in [3.8, 4) is 0 Å². The number of hydrogen-bond acceptors (Lipinski definition) is 5. The number of amides is 2. The third kappa shape index (κ3) is 6.02. The van der Waals surface area contributed by atoms with E-state index in [0.717, 1.165) is 10.9 Å². The zero-order chi connectivity index (χ0) is 22.4. The van der Waals surface area contributed by atoms with Crippen LogP contribution in [0.15, 0.2) is 54.6 Å². The second-order valence-electron chi connectivity index (χ2n) is 7.38. The number of carbonyl (C=O) groups excluding carboxylic acids is 2. The van der Waals surface area contributed by atoms with Gasteiger partial charge in [-0.1, -0.05) is 49.7 Å². The van der Waals surface area contributed by atoms with Gasteiger partial charge in [0.15, 0.2) is 5.82 Å². The fourth-order valence-corrected chi connectivity index (χ4v) is 3.23. The molecule has 2 amide bonds. The number of primary amides is 1. The van der Waals surface area contributed by atoms with E-state index in [1.165, 1.54) is 6.08 Å². The Morgan fingerprint density at radius 1 is 1.13 bits per heavy atom. The Hall–Kier alpha value is -3.45. The van der Waals surface area contributed by atoms with E-state index in [4.69, 9.17) is 17.3 Å². The molecule has 3 aromatic rings. The van der Waals surface area contributed by atoms with Crippen molar-refractivity contribution in [1.29, 1.82) is 0 Å². The molecule has 31 heavy (non-hydrogen) atoms. The minimum atomic E-state index is -0.582. The smallest absolute Gasteiger partial charge is 0.244 e. The number of para-hydroxylation sites is 1. The van der Waals surface area contributed by atoms with Gasteiger partial charge >= 0.3 is 0 Å². The second-order valence-corrected chi connectivity index (χ2v) is 7.82. The van der Waals surface area contributed by atoms with Crippen LogP contribution in [0.4, 0.5) is 5.82 Å². The van der Waals surface area contributed by atoms with Crippen molar-refractivity contribution in [2.45, 2.75) is 26.4 Å². The van der Waals surface area contributed by atoms with Gasteiger partial charge in [-0.3, -0.25) is 9.59 Å². The van der Waals surface area contributed by atoms with E-state index in [0.29, 0.717) is 22.2 Å². The first-order valence-corrected chi connectivity index (χ1v) is 10.2. The van der Waals surface area contributed by atoms with Crippen molar-refractivity contribution < 1.29 is 9.59 Å². The van der Waals surface area contributed by atoms with Gasteiger partial charge in [0.2, 0.25) is 11.8 Å². The Labute approximate surface area is 185 Å². The number of nitrogens with two attached hydrogens (primary N) is 1. The van der Waals surface area contributed by atoms with Gasteiger partial charge < -0.3 is 16.4 Å². The predicted octanol–water partition coefficient (Wildman–Crippen LogP) is 3.53. The van der Waals surface area contributed by atoms with Crippen molar-refractivity contribution in [2.75, 3.05) is 5.32 Å². The Balaban J connectivity index is 1.77. The molecule has 0 saturated carbocycles. The molecule has 160 valence electrons. The predicted molar refractivity (Wildman–Crippen MR) is 123 cm³/mol. The highest BCUT2D eigenvalue weighted by Crippen LogP contribution is 2.22. The molecule has 0 radical (unpaired) electrons. The van der Waals surface area contributed by atoms with Crippen molar-refractivity contribution in [2.24, 2.45) is 11.7 Å². The highest BCUT2D eigenvalue weighted by atomic mass is 35.5. The summed E-state index contributed by atoms with van der Waals surface area (Å²) in [5, 5.41) is 7.28. The molecule has 7 nitrogen and oxygen atoms in total. The van der Waals surface area contributed by atoms with Crippen LogP contribution in [-0.2, 0) is 16.1 Å². The quantitative estimate of drug-likeness (QED) is 0.467. The lowest BCUT2D eigenvalue weighted by Crippen LogP contribution is -2.40. The molecule has 0 aliphatic heterocycles. The van der Waals surface area contributed by atoms with Crippen LogP contribution in [-0.4, -0.2) is 27.8 Å². The minimum Gasteiger partial charge on any atom is -0.368 e. The van der Waals surface area contributed by atoms with E-state index < -0.39 is 11.9 Å². The summed E-state index contributed by atoms with van der Waals surface area (Å²) in [6.45, 7) is 3.93. The van der Waals surface area contributed by atoms with Gasteiger partial charge in [0.05, 0.1) is 12.1 Å². The van der Waals surface area contributed by atoms with Gasteiger partial charge in [0, 0.05) is 16.5 Å². The molecule has 0 fully saturated rings. The monoisotopic (exact) mass is 437 g/mol. The van der Waals surface area contributed by atoms with Crippen molar-refractivity contribution >= 4 is 46.2 Å². The molecule has 0 aliphatic carbocycles. The van der Waals surface area contributed by atoms with Crippen LogP contribution in [0, 0.1) is 5.92 Å². The van der Waals surface area contributed by atoms with E-state index in [1.54, 1.807) is 18.2 Å². The third-order valence-electron chi connectivity index (χ3n) is 4.61. The second kappa shape index (κ2) is 10.0. The molecule has 0 unspecified atom stereocenters. The molecule has 8 heteroatoms. The van der Waals surface area contributed by atoms with Crippen LogP contribution in [0.3, 0.4) is 0 Å². The molecule has 0 bridgehead atoms. The van der Waals surface area contributed by atoms with Crippen LogP contribution in [0.25, 0.3) is 17.0 Å². The standard InChI is InChI=1S/C23H24ClN5O2/c1-14(2)21(22(25)31)29-23-17-8-3-4-9-18(17)27-19(28-23)13-26-20(30)11-10-15-6-5-7-16(24)12-15/h3-12,14,21H,13H2,1-2H3,(H2,25,31)(H,26,30)(H,27,28,29)/b11-10+/t21-/m0/s1. The van der Waals surface area contributed by atoms with Crippen LogP contribution in [0.1, 0.15) is 25.2 Å². The van der Waals surface area contributed by atoms with Gasteiger partial charge in [-0.15, -0.1) is 0 Å². The highest BCUT2D eigenvalue weighted by Gasteiger charge is 2.21. The van der Waals surface area contributed by atoms with E-state index in [1.807, 2.05) is 50.2 Å². The number of rotatable bonds is 8. The highest BCUT2D eigenvalue weighted by molar-refractivity contribution is 6.30. The fraction of sp³-hybridized carbons (Fsp3) is 0.217. The molecule has 1 atom stereocenters. The largest absolute Gasteiger partial charge is 0.368 e. The number of benzene rings is 2. The lowest BCUT2D eigenvalue weighted by Gasteiger charge is -2.21. The lowest BCUT2D eigenvalue weighted by atomic mass is 10.0. The van der Waals surface area contributed by atoms with Gasteiger partial charge in [0.1, 0.15) is 11.9 Å². The fourth-order valence-electron chi connectivity index (χ4n) is 3.03. The first-order chi connectivity index (χ1) is 14.8. The Kier molecular flexibility index (Phi) is 7.20. The molecular formula is C23H24ClN5O2. The Morgan fingerprint density at radius 2 is 1.90 bits per heavy atom. The number of fused-ring (bicyclic) bond motifs is 1. The molecular weight excluding hydrogens is 414 g/mol. The van der Waals surface area contributed by atoms with Crippen LogP contribution in [0.5, 0.6) is 0 Å². The molecule has 0 aliphatic rings. The third-order valence-corrected chi connectivity index (χ3v) is 4.85. The summed E-state index contributed by atoms with van der Waals surface area (Å²) in [5.41, 5.74) is 7.06. The summed E-state index contributed by atoms with van der Waals surface area (Å²) in [7, 11) is 0. The number of nitrogens with one attached hydrogen (secondary N) is 2. The first-order valence-electron chi connectivity index (χ1n) is 9.86. The number of carbonyl (C=O) groups is 2. The summed E-state index contributed by atoms with van der Waals surface area (Å²) in [6.07, 6.45) is 3.10. The minimum absolute atomic E-state index is 0.0222. The van der Waals surface area contributed by atoms with E-state index in [9.17, 15) is 9.59 Å². The first kappa shape index (κ1) is 22.2. The van der Waals surface area contributed by atoms with E-state index >= 15 is 0 Å². The number of anilines is 1. The molecule has 4 N–H and O–H groups in total. The van der Waals surface area contributed by atoms with Gasteiger partial charge in [0.25, 0.3) is 0 Å². The average molecular weight is 438 g/mol. The van der Waals surface area contributed by atoms with Crippen LogP contribution >= 0.6 is 11.6 Å². The van der Waals surface area contributed by atoms with Crippen molar-refractivity contribution in [3.05, 3.63) is 71.0 Å². The Bertz CT molecular complexity index is 1130. The lowest BCUT2D eigenvalue weighted by molar-refractivity contribution is -0.119. The number of aromatic nitrogens is 2. The van der Waals surface area contributed by atoms with E-state index in [2.05, 4.69) is 20.6 Å². The van der Waals surface area contributed by atoms with Crippen molar-refractivity contribution in [3.63, 3.8) is 0 Å². The maximum atomic E-state index is 12.2. The number of nitrogens with zero attached hydrogens (tertiary/aromatic N) is 2. The summed E-state index contributed by atoms with van der Waals surface area (Å²) >= 11 is 5.95. The maximum Gasteiger partial charge on any atom is 0.244 e. The van der Waals surface area contributed by atoms with Crippen LogP contribution < -0.4 is 16.4 Å². The topological polar surface area (TPSA) is 110 Å². The zero-order valence-corrected chi connectivity index (χ0v) is 18.1. The maximum absolute atomic E-state index is 12.2. The summed E-state index contributed by atoms with van der Waals surface area (Å²) in [4.78, 5) is 33.1. The number of halogens is 1.